The maximum absolute atomic E-state index is 12.5. The van der Waals surface area contributed by atoms with Gasteiger partial charge in [0.05, 0.1) is 5.71 Å². The lowest BCUT2D eigenvalue weighted by atomic mass is 9.90. The first-order valence-electron chi connectivity index (χ1n) is 9.21. The average molecular weight is 367 g/mol. The van der Waals surface area contributed by atoms with Crippen molar-refractivity contribution in [3.8, 4) is 0 Å². The summed E-state index contributed by atoms with van der Waals surface area (Å²) in [6, 6.07) is 9.46. The molecule has 1 aromatic heterocycles. The number of rotatable bonds is 4. The van der Waals surface area contributed by atoms with Crippen molar-refractivity contribution in [3.63, 3.8) is 0 Å². The first kappa shape index (κ1) is 17.3. The van der Waals surface area contributed by atoms with E-state index in [1.54, 1.807) is 0 Å². The molecule has 7 nitrogen and oxygen atoms in total. The molecule has 140 valence electrons. The van der Waals surface area contributed by atoms with Gasteiger partial charge in [0.25, 0.3) is 12.3 Å². The lowest BCUT2D eigenvalue weighted by Crippen LogP contribution is -2.47. The highest BCUT2D eigenvalue weighted by Gasteiger charge is 2.30. The van der Waals surface area contributed by atoms with Crippen molar-refractivity contribution in [3.05, 3.63) is 63.0 Å². The zero-order valence-corrected chi connectivity index (χ0v) is 15.1. The molecular formula is C20H21N3O4. The number of hydrogen-bond acceptors (Lipinski definition) is 6. The van der Waals surface area contributed by atoms with Crippen LogP contribution in [0, 0.1) is 0 Å². The highest BCUT2D eigenvalue weighted by atomic mass is 16.7. The van der Waals surface area contributed by atoms with Crippen molar-refractivity contribution in [2.24, 2.45) is 5.16 Å². The molecule has 0 radical (unpaired) electrons. The zero-order valence-electron chi connectivity index (χ0n) is 15.1. The predicted octanol–water partition coefficient (Wildman–Crippen LogP) is 2.79. The quantitative estimate of drug-likeness (QED) is 0.811. The number of amides is 1. The van der Waals surface area contributed by atoms with Crippen LogP contribution in [0.1, 0.15) is 53.2 Å². The second-order valence-electron chi connectivity index (χ2n) is 6.70. The van der Waals surface area contributed by atoms with E-state index in [4.69, 9.17) is 9.25 Å². The van der Waals surface area contributed by atoms with Crippen LogP contribution in [0.3, 0.4) is 0 Å². The van der Waals surface area contributed by atoms with E-state index in [0.29, 0.717) is 17.5 Å². The second-order valence-corrected chi connectivity index (χ2v) is 6.70. The highest BCUT2D eigenvalue weighted by molar-refractivity contribution is 6.03. The molecule has 1 atom stereocenters. The summed E-state index contributed by atoms with van der Waals surface area (Å²) in [5.74, 6) is -0.214. The highest BCUT2D eigenvalue weighted by Crippen LogP contribution is 2.25. The number of nitrogens with one attached hydrogen (secondary N) is 2. The smallest absolute Gasteiger partial charge is 0.337 e. The van der Waals surface area contributed by atoms with E-state index in [1.165, 1.54) is 11.6 Å². The number of carbonyl (C=O) groups excluding carboxylic acids is 1. The van der Waals surface area contributed by atoms with Crippen LogP contribution in [-0.2, 0) is 17.7 Å². The van der Waals surface area contributed by atoms with Gasteiger partial charge < -0.3 is 14.6 Å². The summed E-state index contributed by atoms with van der Waals surface area (Å²) < 4.78 is 5.18. The molecule has 0 fully saturated rings. The Hall–Kier alpha value is -3.09. The van der Waals surface area contributed by atoms with Gasteiger partial charge in [-0.05, 0) is 36.8 Å². The van der Waals surface area contributed by atoms with E-state index in [0.717, 1.165) is 37.0 Å². The first-order valence-corrected chi connectivity index (χ1v) is 9.21. The largest absolute Gasteiger partial charge is 0.406 e. The summed E-state index contributed by atoms with van der Waals surface area (Å²) in [5.41, 5.74) is 3.69. The number of fused-ring (bicyclic) bond motifs is 2. The van der Waals surface area contributed by atoms with Gasteiger partial charge in [0, 0.05) is 11.6 Å². The fraction of sp³-hybridized carbons (Fsp3) is 0.350. The molecule has 0 spiro atoms. The van der Waals surface area contributed by atoms with Gasteiger partial charge in [-0.1, -0.05) is 42.8 Å². The Morgan fingerprint density at radius 1 is 1.22 bits per heavy atom. The molecule has 7 heteroatoms. The third-order valence-corrected chi connectivity index (χ3v) is 4.77. The summed E-state index contributed by atoms with van der Waals surface area (Å²) in [5, 5.41) is 9.87. The van der Waals surface area contributed by atoms with Gasteiger partial charge in [0.1, 0.15) is 5.56 Å². The Morgan fingerprint density at radius 2 is 2.07 bits per heavy atom. The van der Waals surface area contributed by atoms with Gasteiger partial charge in [-0.15, -0.1) is 0 Å². The number of benzene rings is 1. The Morgan fingerprint density at radius 3 is 2.93 bits per heavy atom. The van der Waals surface area contributed by atoms with Crippen LogP contribution >= 0.6 is 0 Å². The summed E-state index contributed by atoms with van der Waals surface area (Å²) in [6.07, 6.45) is 3.37. The molecule has 2 aromatic rings. The number of carbonyl (C=O) groups is 1. The predicted molar refractivity (Wildman–Crippen MR) is 101 cm³/mol. The van der Waals surface area contributed by atoms with Gasteiger partial charge in [-0.2, -0.15) is 0 Å². The number of aryl methyl sites for hydroxylation is 2. The molecule has 4 rings (SSSR count). The molecule has 1 aromatic carbocycles. The van der Waals surface area contributed by atoms with Crippen LogP contribution in [0.15, 0.2) is 44.7 Å². The van der Waals surface area contributed by atoms with Crippen molar-refractivity contribution in [2.75, 3.05) is 5.32 Å². The minimum Gasteiger partial charge on any atom is -0.406 e. The Bertz CT molecular complexity index is 964. The molecule has 0 saturated heterocycles. The van der Waals surface area contributed by atoms with Crippen molar-refractivity contribution in [1.82, 2.24) is 5.32 Å². The second kappa shape index (κ2) is 7.26. The van der Waals surface area contributed by atoms with Crippen molar-refractivity contribution in [1.29, 1.82) is 0 Å². The molecule has 1 amide bonds. The molecule has 2 N–H and O–H groups in total. The van der Waals surface area contributed by atoms with E-state index in [1.807, 2.05) is 25.1 Å². The summed E-state index contributed by atoms with van der Waals surface area (Å²) in [4.78, 5) is 29.8. The molecule has 2 heterocycles. The third kappa shape index (κ3) is 3.45. The van der Waals surface area contributed by atoms with Gasteiger partial charge in [-0.25, -0.2) is 4.79 Å². The van der Waals surface area contributed by atoms with Gasteiger partial charge in [0.15, 0.2) is 0 Å². The van der Waals surface area contributed by atoms with Gasteiger partial charge in [-0.3, -0.25) is 10.1 Å². The van der Waals surface area contributed by atoms with E-state index >= 15 is 0 Å². The zero-order chi connectivity index (χ0) is 18.8. The molecule has 1 unspecified atom stereocenters. The fourth-order valence-corrected chi connectivity index (χ4v) is 3.57. The SMILES string of the molecule is CCCc1cc(=O)oc2c1C(=O)NC(O/N=C1\CCCc3ccccc31)N2. The molecular weight excluding hydrogens is 346 g/mol. The van der Waals surface area contributed by atoms with E-state index in [9.17, 15) is 9.59 Å². The maximum Gasteiger partial charge on any atom is 0.337 e. The van der Waals surface area contributed by atoms with Crippen LogP contribution < -0.4 is 16.3 Å². The average Bonchev–Trinajstić information content (AvgIpc) is 2.66. The van der Waals surface area contributed by atoms with Crippen LogP contribution in [0.2, 0.25) is 0 Å². The van der Waals surface area contributed by atoms with E-state index < -0.39 is 12.0 Å². The van der Waals surface area contributed by atoms with E-state index in [-0.39, 0.29) is 11.8 Å². The summed E-state index contributed by atoms with van der Waals surface area (Å²) in [7, 11) is 0. The topological polar surface area (TPSA) is 92.9 Å². The number of nitrogens with zero attached hydrogens (tertiary/aromatic N) is 1. The Kier molecular flexibility index (Phi) is 4.66. The van der Waals surface area contributed by atoms with Crippen molar-refractivity contribution < 1.29 is 14.0 Å². The Balaban J connectivity index is 1.57. The minimum atomic E-state index is -0.897. The third-order valence-electron chi connectivity index (χ3n) is 4.77. The molecule has 27 heavy (non-hydrogen) atoms. The van der Waals surface area contributed by atoms with E-state index in [2.05, 4.69) is 21.9 Å². The Labute approximate surface area is 156 Å². The lowest BCUT2D eigenvalue weighted by Gasteiger charge is -2.26. The van der Waals surface area contributed by atoms with Gasteiger partial charge in [0.2, 0.25) is 5.88 Å². The standard InChI is InChI=1S/C20H21N3O4/c1-2-6-13-11-16(24)26-19-17(13)18(25)21-20(22-19)27-23-15-10-5-8-12-7-3-4-9-14(12)15/h3-4,7,9,11,20,22H,2,5-6,8,10H2,1H3,(H,21,25)/b23-15+. The first-order chi connectivity index (χ1) is 13.2. The maximum atomic E-state index is 12.5. The summed E-state index contributed by atoms with van der Waals surface area (Å²) in [6.45, 7) is 1.99. The molecule has 0 saturated carbocycles. The van der Waals surface area contributed by atoms with Crippen LogP contribution in [0.5, 0.6) is 0 Å². The number of anilines is 1. The van der Waals surface area contributed by atoms with Crippen molar-refractivity contribution in [2.45, 2.75) is 45.4 Å². The van der Waals surface area contributed by atoms with Crippen molar-refractivity contribution >= 4 is 17.5 Å². The monoisotopic (exact) mass is 367 g/mol. The van der Waals surface area contributed by atoms with Crippen LogP contribution in [0.4, 0.5) is 5.88 Å². The number of oxime groups is 1. The lowest BCUT2D eigenvalue weighted by molar-refractivity contribution is 0.0419. The molecule has 1 aliphatic carbocycles. The fourth-order valence-electron chi connectivity index (χ4n) is 3.57. The molecule has 0 bridgehead atoms. The number of hydrogen-bond donors (Lipinski definition) is 2. The van der Waals surface area contributed by atoms with Crippen LogP contribution in [0.25, 0.3) is 0 Å². The van der Waals surface area contributed by atoms with Gasteiger partial charge >= 0.3 is 5.63 Å². The summed E-state index contributed by atoms with van der Waals surface area (Å²) >= 11 is 0. The van der Waals surface area contributed by atoms with Crippen LogP contribution in [-0.4, -0.2) is 18.0 Å². The normalized spacial score (nSPS) is 19.7. The minimum absolute atomic E-state index is 0.129. The molecule has 1 aliphatic heterocycles. The molecule has 2 aliphatic rings.